The number of H-pyrrole nitrogens is 1. The molecule has 2 aromatic rings. The Bertz CT molecular complexity index is 531. The van der Waals surface area contributed by atoms with Crippen LogP contribution in [0.25, 0.3) is 10.9 Å². The van der Waals surface area contributed by atoms with Crippen molar-refractivity contribution in [2.45, 2.75) is 19.4 Å². The van der Waals surface area contributed by atoms with E-state index in [0.29, 0.717) is 11.8 Å². The summed E-state index contributed by atoms with van der Waals surface area (Å²) in [4.78, 5) is 13.6. The second kappa shape index (κ2) is 3.94. The Labute approximate surface area is 92.4 Å². The minimum Gasteiger partial charge on any atom is -0.361 e. The summed E-state index contributed by atoms with van der Waals surface area (Å²) >= 11 is 0. The molecule has 0 spiro atoms. The first-order valence-electron chi connectivity index (χ1n) is 5.08. The van der Waals surface area contributed by atoms with Gasteiger partial charge in [-0.1, -0.05) is 6.07 Å². The number of fused-ring (bicyclic) bond motifs is 1. The number of nitrogens with one attached hydrogen (secondary N) is 1. The lowest BCUT2D eigenvalue weighted by molar-refractivity contribution is -0.383. The highest BCUT2D eigenvalue weighted by Crippen LogP contribution is 2.28. The summed E-state index contributed by atoms with van der Waals surface area (Å²) in [5.74, 6) is 0. The van der Waals surface area contributed by atoms with Gasteiger partial charge in [0.15, 0.2) is 0 Å². The summed E-state index contributed by atoms with van der Waals surface area (Å²) in [6.07, 6.45) is 2.42. The molecule has 84 valence electrons. The van der Waals surface area contributed by atoms with Gasteiger partial charge in [0, 0.05) is 18.3 Å². The van der Waals surface area contributed by atoms with Crippen LogP contribution in [0.2, 0.25) is 0 Å². The molecule has 0 aliphatic rings. The molecule has 0 amide bonds. The van der Waals surface area contributed by atoms with Crippen LogP contribution in [0.1, 0.15) is 12.5 Å². The van der Waals surface area contributed by atoms with Crippen molar-refractivity contribution in [3.05, 3.63) is 40.1 Å². The molecule has 0 fully saturated rings. The van der Waals surface area contributed by atoms with Gasteiger partial charge >= 0.3 is 0 Å². The van der Waals surface area contributed by atoms with Crippen LogP contribution in [-0.2, 0) is 6.42 Å². The van der Waals surface area contributed by atoms with Crippen LogP contribution in [0.5, 0.6) is 0 Å². The van der Waals surface area contributed by atoms with E-state index in [1.807, 2.05) is 13.0 Å². The minimum atomic E-state index is -0.360. The standard InChI is InChI=1S/C11H13N3O2/c1-7(12)5-8-6-13-9-3-2-4-10(11(8)9)14(15)16/h2-4,6-7,13H,5,12H2,1H3. The molecule has 0 saturated heterocycles. The molecule has 3 N–H and O–H groups in total. The first-order chi connectivity index (χ1) is 7.59. The summed E-state index contributed by atoms with van der Waals surface area (Å²) in [5, 5.41) is 11.6. The molecule has 5 heteroatoms. The van der Waals surface area contributed by atoms with Gasteiger partial charge in [0.1, 0.15) is 0 Å². The fourth-order valence-electron chi connectivity index (χ4n) is 1.89. The quantitative estimate of drug-likeness (QED) is 0.611. The maximum absolute atomic E-state index is 10.9. The molecule has 1 unspecified atom stereocenters. The van der Waals surface area contributed by atoms with E-state index in [0.717, 1.165) is 11.1 Å². The van der Waals surface area contributed by atoms with Gasteiger partial charge in [-0.2, -0.15) is 0 Å². The van der Waals surface area contributed by atoms with E-state index in [9.17, 15) is 10.1 Å². The maximum Gasteiger partial charge on any atom is 0.279 e. The Morgan fingerprint density at radius 1 is 1.56 bits per heavy atom. The van der Waals surface area contributed by atoms with Crippen molar-refractivity contribution in [3.8, 4) is 0 Å². The molecule has 1 aromatic heterocycles. The highest BCUT2D eigenvalue weighted by atomic mass is 16.6. The van der Waals surface area contributed by atoms with Crippen molar-refractivity contribution in [1.29, 1.82) is 0 Å². The molecule has 2 rings (SSSR count). The number of nitro benzene ring substituents is 1. The largest absolute Gasteiger partial charge is 0.361 e. The Hall–Kier alpha value is -1.88. The lowest BCUT2D eigenvalue weighted by Crippen LogP contribution is -2.17. The number of aromatic amines is 1. The van der Waals surface area contributed by atoms with Crippen molar-refractivity contribution in [1.82, 2.24) is 4.98 Å². The lowest BCUT2D eigenvalue weighted by atomic mass is 10.1. The van der Waals surface area contributed by atoms with Gasteiger partial charge in [0.2, 0.25) is 0 Å². The molecule has 0 aliphatic carbocycles. The molecule has 16 heavy (non-hydrogen) atoms. The average molecular weight is 219 g/mol. The molecular weight excluding hydrogens is 206 g/mol. The zero-order chi connectivity index (χ0) is 11.7. The molecule has 0 radical (unpaired) electrons. The second-order valence-electron chi connectivity index (χ2n) is 3.95. The van der Waals surface area contributed by atoms with Gasteiger partial charge < -0.3 is 10.7 Å². The summed E-state index contributed by atoms with van der Waals surface area (Å²) in [6.45, 7) is 1.88. The predicted molar refractivity (Wildman–Crippen MR) is 62.3 cm³/mol. The summed E-state index contributed by atoms with van der Waals surface area (Å²) in [5.41, 5.74) is 7.53. The van der Waals surface area contributed by atoms with Gasteiger partial charge in [-0.15, -0.1) is 0 Å². The maximum atomic E-state index is 10.9. The average Bonchev–Trinajstić information content (AvgIpc) is 2.60. The molecule has 1 atom stereocenters. The minimum absolute atomic E-state index is 0.0150. The van der Waals surface area contributed by atoms with Crippen molar-refractivity contribution >= 4 is 16.6 Å². The number of hydrogen-bond donors (Lipinski definition) is 2. The third-order valence-corrected chi connectivity index (χ3v) is 2.50. The third kappa shape index (κ3) is 1.77. The van der Waals surface area contributed by atoms with E-state index >= 15 is 0 Å². The normalized spacial score (nSPS) is 12.9. The molecule has 5 nitrogen and oxygen atoms in total. The monoisotopic (exact) mass is 219 g/mol. The van der Waals surface area contributed by atoms with E-state index in [2.05, 4.69) is 4.98 Å². The van der Waals surface area contributed by atoms with Crippen LogP contribution in [0, 0.1) is 10.1 Å². The number of rotatable bonds is 3. The lowest BCUT2D eigenvalue weighted by Gasteiger charge is -2.03. The number of non-ortho nitro benzene ring substituents is 1. The van der Waals surface area contributed by atoms with Crippen LogP contribution in [-0.4, -0.2) is 15.9 Å². The number of benzene rings is 1. The van der Waals surface area contributed by atoms with Gasteiger partial charge in [-0.3, -0.25) is 10.1 Å². The third-order valence-electron chi connectivity index (χ3n) is 2.50. The van der Waals surface area contributed by atoms with Crippen LogP contribution in [0.4, 0.5) is 5.69 Å². The van der Waals surface area contributed by atoms with Crippen LogP contribution < -0.4 is 5.73 Å². The summed E-state index contributed by atoms with van der Waals surface area (Å²) < 4.78 is 0. The van der Waals surface area contributed by atoms with Gasteiger partial charge in [0.25, 0.3) is 5.69 Å². The second-order valence-corrected chi connectivity index (χ2v) is 3.95. The number of nitro groups is 1. The molecule has 0 aliphatic heterocycles. The number of hydrogen-bond acceptors (Lipinski definition) is 3. The Kier molecular flexibility index (Phi) is 2.62. The van der Waals surface area contributed by atoms with Crippen molar-refractivity contribution in [2.75, 3.05) is 0 Å². The highest BCUT2D eigenvalue weighted by Gasteiger charge is 2.16. The smallest absolute Gasteiger partial charge is 0.279 e. The SMILES string of the molecule is CC(N)Cc1c[nH]c2cccc([N+](=O)[O-])c12. The van der Waals surface area contributed by atoms with Gasteiger partial charge in [0.05, 0.1) is 15.8 Å². The molecule has 1 heterocycles. The summed E-state index contributed by atoms with van der Waals surface area (Å²) in [7, 11) is 0. The Balaban J connectivity index is 2.63. The van der Waals surface area contributed by atoms with E-state index in [4.69, 9.17) is 5.73 Å². The molecule has 0 saturated carbocycles. The van der Waals surface area contributed by atoms with Crippen LogP contribution in [0.15, 0.2) is 24.4 Å². The first-order valence-corrected chi connectivity index (χ1v) is 5.08. The molecule has 0 bridgehead atoms. The van der Waals surface area contributed by atoms with E-state index < -0.39 is 0 Å². The summed E-state index contributed by atoms with van der Waals surface area (Å²) in [6, 6.07) is 5.00. The first kappa shape index (κ1) is 10.6. The zero-order valence-corrected chi connectivity index (χ0v) is 8.93. The molecular formula is C11H13N3O2. The van der Waals surface area contributed by atoms with Crippen molar-refractivity contribution in [3.63, 3.8) is 0 Å². The van der Waals surface area contributed by atoms with E-state index in [1.54, 1.807) is 12.3 Å². The number of nitrogens with zero attached hydrogens (tertiary/aromatic N) is 1. The van der Waals surface area contributed by atoms with E-state index in [-0.39, 0.29) is 16.7 Å². The Morgan fingerprint density at radius 2 is 2.31 bits per heavy atom. The fraction of sp³-hybridized carbons (Fsp3) is 0.273. The highest BCUT2D eigenvalue weighted by molar-refractivity contribution is 5.91. The number of aromatic nitrogens is 1. The van der Waals surface area contributed by atoms with Crippen LogP contribution >= 0.6 is 0 Å². The van der Waals surface area contributed by atoms with Gasteiger partial charge in [-0.05, 0) is 25.0 Å². The van der Waals surface area contributed by atoms with E-state index in [1.165, 1.54) is 6.07 Å². The topological polar surface area (TPSA) is 85.0 Å². The van der Waals surface area contributed by atoms with Gasteiger partial charge in [-0.25, -0.2) is 0 Å². The number of nitrogens with two attached hydrogens (primary N) is 1. The van der Waals surface area contributed by atoms with Crippen LogP contribution in [0.3, 0.4) is 0 Å². The van der Waals surface area contributed by atoms with Crippen molar-refractivity contribution < 1.29 is 4.92 Å². The predicted octanol–water partition coefficient (Wildman–Crippen LogP) is 1.97. The fourth-order valence-corrected chi connectivity index (χ4v) is 1.89. The zero-order valence-electron chi connectivity index (χ0n) is 8.93. The van der Waals surface area contributed by atoms with Crippen molar-refractivity contribution in [2.24, 2.45) is 5.73 Å². The Morgan fingerprint density at radius 3 is 2.94 bits per heavy atom. The molecule has 1 aromatic carbocycles.